The maximum Gasteiger partial charge on any atom is 0.251 e. The van der Waals surface area contributed by atoms with E-state index in [1.165, 1.54) is 5.56 Å². The zero-order chi connectivity index (χ0) is 17.3. The topological polar surface area (TPSA) is 38.3 Å². The van der Waals surface area contributed by atoms with Crippen LogP contribution >= 0.6 is 0 Å². The van der Waals surface area contributed by atoms with Crippen LogP contribution in [0.1, 0.15) is 21.5 Å². The first-order valence-corrected chi connectivity index (χ1v) is 8.40. The Morgan fingerprint density at radius 2 is 1.40 bits per heavy atom. The summed E-state index contributed by atoms with van der Waals surface area (Å²) in [7, 11) is 0. The molecule has 0 heterocycles. The molecule has 0 aliphatic carbocycles. The molecule has 1 amide bonds. The van der Waals surface area contributed by atoms with E-state index in [2.05, 4.69) is 5.32 Å². The zero-order valence-corrected chi connectivity index (χ0v) is 14.0. The predicted octanol–water partition coefficient (Wildman–Crippen LogP) is 4.24. The fourth-order valence-electron chi connectivity index (χ4n) is 2.51. The molecule has 0 bridgehead atoms. The summed E-state index contributed by atoms with van der Waals surface area (Å²) in [4.78, 5) is 12.0. The number of hydrogen-bond donors (Lipinski definition) is 1. The van der Waals surface area contributed by atoms with Crippen LogP contribution in [0.3, 0.4) is 0 Å². The van der Waals surface area contributed by atoms with Gasteiger partial charge in [-0.25, -0.2) is 0 Å². The molecule has 0 aromatic heterocycles. The summed E-state index contributed by atoms with van der Waals surface area (Å²) in [5.74, 6) is 0.810. The van der Waals surface area contributed by atoms with Crippen LogP contribution in [0.5, 0.6) is 5.75 Å². The molecule has 0 spiro atoms. The minimum atomic E-state index is -0.0385. The van der Waals surface area contributed by atoms with Crippen LogP contribution in [0.4, 0.5) is 0 Å². The second kappa shape index (κ2) is 8.69. The van der Waals surface area contributed by atoms with Gasteiger partial charge < -0.3 is 10.1 Å². The summed E-state index contributed by atoms with van der Waals surface area (Å²) in [6, 6.07) is 27.4. The molecule has 0 fully saturated rings. The number of benzene rings is 3. The van der Waals surface area contributed by atoms with Gasteiger partial charge in [0.25, 0.3) is 5.91 Å². The molecule has 3 aromatic carbocycles. The van der Waals surface area contributed by atoms with Gasteiger partial charge in [-0.15, -0.1) is 0 Å². The van der Waals surface area contributed by atoms with Crippen LogP contribution in [-0.2, 0) is 13.0 Å². The van der Waals surface area contributed by atoms with Crippen LogP contribution in [-0.4, -0.2) is 12.5 Å². The average molecular weight is 331 g/mol. The van der Waals surface area contributed by atoms with Crippen molar-refractivity contribution in [1.82, 2.24) is 5.32 Å². The lowest BCUT2D eigenvalue weighted by Gasteiger charge is -2.08. The van der Waals surface area contributed by atoms with Crippen molar-refractivity contribution >= 4 is 5.91 Å². The van der Waals surface area contributed by atoms with Gasteiger partial charge >= 0.3 is 0 Å². The van der Waals surface area contributed by atoms with Crippen molar-refractivity contribution in [3.8, 4) is 5.75 Å². The Balaban J connectivity index is 1.44. The van der Waals surface area contributed by atoms with E-state index >= 15 is 0 Å². The molecule has 3 heteroatoms. The Morgan fingerprint density at radius 3 is 2.08 bits per heavy atom. The highest BCUT2D eigenvalue weighted by molar-refractivity contribution is 5.94. The monoisotopic (exact) mass is 331 g/mol. The number of carbonyl (C=O) groups is 1. The first-order chi connectivity index (χ1) is 12.3. The van der Waals surface area contributed by atoms with Gasteiger partial charge in [-0.05, 0) is 41.8 Å². The number of carbonyl (C=O) groups excluding carboxylic acids is 1. The van der Waals surface area contributed by atoms with Crippen molar-refractivity contribution in [2.45, 2.75) is 13.0 Å². The Hall–Kier alpha value is -3.07. The number of amides is 1. The standard InChI is InChI=1S/C22H21NO2/c24-22(20-9-5-2-6-10-20)23-16-15-18-11-13-21(14-12-18)25-17-19-7-3-1-4-8-19/h1-14H,15-17H2,(H,23,24). The largest absolute Gasteiger partial charge is 0.489 e. The summed E-state index contributed by atoms with van der Waals surface area (Å²) < 4.78 is 5.78. The minimum absolute atomic E-state index is 0.0385. The lowest BCUT2D eigenvalue weighted by Crippen LogP contribution is -2.25. The first kappa shape index (κ1) is 16.8. The normalized spacial score (nSPS) is 10.2. The van der Waals surface area contributed by atoms with Gasteiger partial charge in [-0.3, -0.25) is 4.79 Å². The van der Waals surface area contributed by atoms with Crippen molar-refractivity contribution in [2.24, 2.45) is 0 Å². The van der Waals surface area contributed by atoms with Gasteiger partial charge in [-0.1, -0.05) is 60.7 Å². The Bertz CT molecular complexity index is 783. The zero-order valence-electron chi connectivity index (χ0n) is 14.0. The van der Waals surface area contributed by atoms with E-state index in [0.717, 1.165) is 17.7 Å². The Kier molecular flexibility index (Phi) is 5.83. The highest BCUT2D eigenvalue weighted by atomic mass is 16.5. The molecule has 3 rings (SSSR count). The van der Waals surface area contributed by atoms with Crippen molar-refractivity contribution in [1.29, 1.82) is 0 Å². The van der Waals surface area contributed by atoms with E-state index in [-0.39, 0.29) is 5.91 Å². The molecular formula is C22H21NO2. The van der Waals surface area contributed by atoms with E-state index in [4.69, 9.17) is 4.74 Å². The molecule has 0 radical (unpaired) electrons. The molecule has 0 aliphatic rings. The molecule has 3 nitrogen and oxygen atoms in total. The number of ether oxygens (including phenoxy) is 1. The van der Waals surface area contributed by atoms with Gasteiger partial charge in [0.1, 0.15) is 12.4 Å². The molecular weight excluding hydrogens is 310 g/mol. The lowest BCUT2D eigenvalue weighted by atomic mass is 10.1. The molecule has 25 heavy (non-hydrogen) atoms. The van der Waals surface area contributed by atoms with Crippen molar-refractivity contribution < 1.29 is 9.53 Å². The first-order valence-electron chi connectivity index (χ1n) is 8.40. The van der Waals surface area contributed by atoms with Crippen molar-refractivity contribution in [2.75, 3.05) is 6.54 Å². The smallest absolute Gasteiger partial charge is 0.251 e. The third-order valence-corrected chi connectivity index (χ3v) is 3.91. The number of rotatable bonds is 7. The Morgan fingerprint density at radius 1 is 0.760 bits per heavy atom. The van der Waals surface area contributed by atoms with Crippen LogP contribution in [0, 0.1) is 0 Å². The average Bonchev–Trinajstić information content (AvgIpc) is 2.69. The highest BCUT2D eigenvalue weighted by Crippen LogP contribution is 2.14. The molecule has 0 saturated carbocycles. The summed E-state index contributed by atoms with van der Waals surface area (Å²) in [5, 5.41) is 2.94. The third-order valence-electron chi connectivity index (χ3n) is 3.91. The molecule has 0 aliphatic heterocycles. The van der Waals surface area contributed by atoms with Crippen molar-refractivity contribution in [3.63, 3.8) is 0 Å². The molecule has 1 N–H and O–H groups in total. The molecule has 0 atom stereocenters. The van der Waals surface area contributed by atoms with E-state index < -0.39 is 0 Å². The minimum Gasteiger partial charge on any atom is -0.489 e. The van der Waals surface area contributed by atoms with Gasteiger partial charge in [0, 0.05) is 12.1 Å². The van der Waals surface area contributed by atoms with Crippen molar-refractivity contribution in [3.05, 3.63) is 102 Å². The van der Waals surface area contributed by atoms with Gasteiger partial charge in [0.15, 0.2) is 0 Å². The maximum atomic E-state index is 12.0. The summed E-state index contributed by atoms with van der Waals surface area (Å²) in [6.45, 7) is 1.17. The van der Waals surface area contributed by atoms with E-state index in [1.807, 2.05) is 84.9 Å². The van der Waals surface area contributed by atoms with E-state index in [1.54, 1.807) is 0 Å². The Labute approximate surface area is 148 Å². The molecule has 126 valence electrons. The SMILES string of the molecule is O=C(NCCc1ccc(OCc2ccccc2)cc1)c1ccccc1. The van der Waals surface area contributed by atoms with Gasteiger partial charge in [0.05, 0.1) is 0 Å². The summed E-state index contributed by atoms with van der Waals surface area (Å²) in [5.41, 5.74) is 3.00. The fourth-order valence-corrected chi connectivity index (χ4v) is 2.51. The molecule has 0 saturated heterocycles. The second-order valence-electron chi connectivity index (χ2n) is 5.79. The maximum absolute atomic E-state index is 12.0. The third kappa shape index (κ3) is 5.21. The quantitative estimate of drug-likeness (QED) is 0.703. The van der Waals surface area contributed by atoms with Crippen LogP contribution in [0.2, 0.25) is 0 Å². The number of nitrogens with one attached hydrogen (secondary N) is 1. The summed E-state index contributed by atoms with van der Waals surface area (Å²) in [6.07, 6.45) is 0.789. The van der Waals surface area contributed by atoms with Crippen LogP contribution in [0.25, 0.3) is 0 Å². The van der Waals surface area contributed by atoms with Crippen LogP contribution < -0.4 is 10.1 Å². The lowest BCUT2D eigenvalue weighted by molar-refractivity contribution is 0.0954. The molecule has 3 aromatic rings. The number of hydrogen-bond acceptors (Lipinski definition) is 2. The van der Waals surface area contributed by atoms with Crippen LogP contribution in [0.15, 0.2) is 84.9 Å². The summed E-state index contributed by atoms with van der Waals surface area (Å²) >= 11 is 0. The second-order valence-corrected chi connectivity index (χ2v) is 5.79. The molecule has 0 unspecified atom stereocenters. The highest BCUT2D eigenvalue weighted by Gasteiger charge is 2.03. The van der Waals surface area contributed by atoms with E-state index in [0.29, 0.717) is 18.7 Å². The fraction of sp³-hybridized carbons (Fsp3) is 0.136. The predicted molar refractivity (Wildman–Crippen MR) is 99.7 cm³/mol. The van der Waals surface area contributed by atoms with E-state index in [9.17, 15) is 4.79 Å². The van der Waals surface area contributed by atoms with Gasteiger partial charge in [-0.2, -0.15) is 0 Å². The van der Waals surface area contributed by atoms with Gasteiger partial charge in [0.2, 0.25) is 0 Å².